The topological polar surface area (TPSA) is 48.1 Å². The summed E-state index contributed by atoms with van der Waals surface area (Å²) in [6, 6.07) is 6.04. The van der Waals surface area contributed by atoms with Gasteiger partial charge in [0.25, 0.3) is 0 Å². The minimum absolute atomic E-state index is 0.0413. The number of halogens is 1. The van der Waals surface area contributed by atoms with E-state index in [1.807, 2.05) is 25.2 Å². The van der Waals surface area contributed by atoms with Gasteiger partial charge >= 0.3 is 0 Å². The standard InChI is InChI=1S/C14H16ClN3O/c1-18-5-4-13(18)14(19)17-7-9-2-3-12-10(6-9)11(15)8-16-12/h2-3,6,8,13,16H,4-5,7H2,1H3,(H,17,19). The van der Waals surface area contributed by atoms with Crippen molar-refractivity contribution in [1.29, 1.82) is 0 Å². The third-order valence-corrected chi connectivity index (χ3v) is 4.07. The molecule has 1 aliphatic heterocycles. The van der Waals surface area contributed by atoms with E-state index in [1.54, 1.807) is 6.20 Å². The van der Waals surface area contributed by atoms with Crippen LogP contribution >= 0.6 is 11.6 Å². The molecule has 3 rings (SSSR count). The van der Waals surface area contributed by atoms with E-state index in [-0.39, 0.29) is 11.9 Å². The largest absolute Gasteiger partial charge is 0.360 e. The Kier molecular flexibility index (Phi) is 3.21. The summed E-state index contributed by atoms with van der Waals surface area (Å²) in [6.45, 7) is 1.55. The number of aromatic nitrogens is 1. The Morgan fingerprint density at radius 1 is 1.58 bits per heavy atom. The molecule has 1 aliphatic rings. The summed E-state index contributed by atoms with van der Waals surface area (Å²) >= 11 is 6.08. The second-order valence-electron chi connectivity index (χ2n) is 5.02. The molecule has 0 saturated carbocycles. The van der Waals surface area contributed by atoms with Crippen LogP contribution in [0, 0.1) is 0 Å². The second kappa shape index (κ2) is 4.87. The number of likely N-dealkylation sites (tertiary alicyclic amines) is 1. The van der Waals surface area contributed by atoms with E-state index >= 15 is 0 Å². The van der Waals surface area contributed by atoms with Gasteiger partial charge in [-0.25, -0.2) is 0 Å². The van der Waals surface area contributed by atoms with Crippen LogP contribution in [0.3, 0.4) is 0 Å². The third-order valence-electron chi connectivity index (χ3n) is 3.75. The predicted octanol–water partition coefficient (Wildman–Crippen LogP) is 2.14. The van der Waals surface area contributed by atoms with Crippen LogP contribution in [0.4, 0.5) is 0 Å². The fourth-order valence-corrected chi connectivity index (χ4v) is 2.61. The van der Waals surface area contributed by atoms with Crippen LogP contribution in [0.2, 0.25) is 5.02 Å². The molecular formula is C14H16ClN3O. The third kappa shape index (κ3) is 2.33. The molecule has 1 atom stereocenters. The van der Waals surface area contributed by atoms with Crippen molar-refractivity contribution in [3.05, 3.63) is 35.0 Å². The molecule has 100 valence electrons. The average molecular weight is 278 g/mol. The average Bonchev–Trinajstić information content (AvgIpc) is 2.76. The van der Waals surface area contributed by atoms with Crippen molar-refractivity contribution in [2.75, 3.05) is 13.6 Å². The summed E-state index contributed by atoms with van der Waals surface area (Å²) < 4.78 is 0. The predicted molar refractivity (Wildman–Crippen MR) is 76.2 cm³/mol. The summed E-state index contributed by atoms with van der Waals surface area (Å²) in [7, 11) is 1.97. The molecular weight excluding hydrogens is 262 g/mol. The van der Waals surface area contributed by atoms with Crippen molar-refractivity contribution in [2.45, 2.75) is 19.0 Å². The van der Waals surface area contributed by atoms with Gasteiger partial charge in [0.2, 0.25) is 5.91 Å². The number of rotatable bonds is 3. The number of fused-ring (bicyclic) bond motifs is 1. The normalized spacial score (nSPS) is 19.4. The molecule has 2 aromatic rings. The zero-order valence-corrected chi connectivity index (χ0v) is 11.5. The Bertz CT molecular complexity index is 622. The molecule has 1 fully saturated rings. The Morgan fingerprint density at radius 2 is 2.42 bits per heavy atom. The fourth-order valence-electron chi connectivity index (χ4n) is 2.40. The van der Waals surface area contributed by atoms with Crippen molar-refractivity contribution in [2.24, 2.45) is 0 Å². The smallest absolute Gasteiger partial charge is 0.237 e. The fraction of sp³-hybridized carbons (Fsp3) is 0.357. The van der Waals surface area contributed by atoms with Gasteiger partial charge in [0.1, 0.15) is 0 Å². The minimum Gasteiger partial charge on any atom is -0.360 e. The molecule has 1 saturated heterocycles. The number of likely N-dealkylation sites (N-methyl/N-ethyl adjacent to an activating group) is 1. The lowest BCUT2D eigenvalue weighted by molar-refractivity contribution is -0.129. The van der Waals surface area contributed by atoms with E-state index in [2.05, 4.69) is 15.2 Å². The van der Waals surface area contributed by atoms with Crippen LogP contribution in [0.5, 0.6) is 0 Å². The van der Waals surface area contributed by atoms with Crippen molar-refractivity contribution in [3.8, 4) is 0 Å². The Hall–Kier alpha value is -1.52. The molecule has 1 aromatic heterocycles. The maximum Gasteiger partial charge on any atom is 0.237 e. The van der Waals surface area contributed by atoms with Gasteiger partial charge < -0.3 is 10.3 Å². The van der Waals surface area contributed by atoms with E-state index in [0.717, 1.165) is 29.4 Å². The van der Waals surface area contributed by atoms with Gasteiger partial charge in [0, 0.05) is 30.2 Å². The number of hydrogen-bond acceptors (Lipinski definition) is 2. The van der Waals surface area contributed by atoms with Gasteiger partial charge in [-0.1, -0.05) is 17.7 Å². The summed E-state index contributed by atoms with van der Waals surface area (Å²) in [5.74, 6) is 0.106. The molecule has 0 bridgehead atoms. The van der Waals surface area contributed by atoms with Crippen LogP contribution < -0.4 is 5.32 Å². The van der Waals surface area contributed by atoms with Crippen LogP contribution in [0.1, 0.15) is 12.0 Å². The summed E-state index contributed by atoms with van der Waals surface area (Å²) in [5.41, 5.74) is 2.07. The highest BCUT2D eigenvalue weighted by atomic mass is 35.5. The van der Waals surface area contributed by atoms with Crippen LogP contribution in [0.15, 0.2) is 24.4 Å². The highest BCUT2D eigenvalue weighted by molar-refractivity contribution is 6.35. The second-order valence-corrected chi connectivity index (χ2v) is 5.43. The summed E-state index contributed by atoms with van der Waals surface area (Å²) in [4.78, 5) is 17.1. The number of carbonyl (C=O) groups excluding carboxylic acids is 1. The molecule has 1 aromatic carbocycles. The number of nitrogens with zero attached hydrogens (tertiary/aromatic N) is 1. The lowest BCUT2D eigenvalue weighted by Gasteiger charge is -2.36. The van der Waals surface area contributed by atoms with Crippen molar-refractivity contribution >= 4 is 28.4 Å². The first kappa shape index (κ1) is 12.5. The first-order valence-electron chi connectivity index (χ1n) is 6.38. The van der Waals surface area contributed by atoms with Gasteiger partial charge in [-0.2, -0.15) is 0 Å². The zero-order chi connectivity index (χ0) is 13.4. The van der Waals surface area contributed by atoms with Crippen LogP contribution in [-0.2, 0) is 11.3 Å². The first-order chi connectivity index (χ1) is 9.15. The number of amides is 1. The number of nitrogens with one attached hydrogen (secondary N) is 2. The Morgan fingerprint density at radius 3 is 3.11 bits per heavy atom. The molecule has 19 heavy (non-hydrogen) atoms. The lowest BCUT2D eigenvalue weighted by atomic mass is 10.0. The number of benzene rings is 1. The number of carbonyl (C=O) groups is 1. The van der Waals surface area contributed by atoms with Crippen LogP contribution in [0.25, 0.3) is 10.9 Å². The molecule has 0 radical (unpaired) electrons. The highest BCUT2D eigenvalue weighted by Crippen LogP contribution is 2.24. The minimum atomic E-state index is 0.0413. The Balaban J connectivity index is 1.68. The van der Waals surface area contributed by atoms with Crippen molar-refractivity contribution in [3.63, 3.8) is 0 Å². The van der Waals surface area contributed by atoms with Crippen molar-refractivity contribution in [1.82, 2.24) is 15.2 Å². The maximum absolute atomic E-state index is 11.9. The van der Waals surface area contributed by atoms with Gasteiger partial charge in [0.05, 0.1) is 11.1 Å². The molecule has 1 unspecified atom stereocenters. The van der Waals surface area contributed by atoms with E-state index in [1.165, 1.54) is 0 Å². The first-order valence-corrected chi connectivity index (χ1v) is 6.76. The van der Waals surface area contributed by atoms with E-state index in [0.29, 0.717) is 11.6 Å². The maximum atomic E-state index is 11.9. The van der Waals surface area contributed by atoms with Gasteiger partial charge in [-0.3, -0.25) is 9.69 Å². The lowest BCUT2D eigenvalue weighted by Crippen LogP contribution is -2.53. The number of H-pyrrole nitrogens is 1. The number of aromatic amines is 1. The molecule has 0 aliphatic carbocycles. The van der Waals surface area contributed by atoms with Crippen LogP contribution in [-0.4, -0.2) is 35.4 Å². The highest BCUT2D eigenvalue weighted by Gasteiger charge is 2.30. The van der Waals surface area contributed by atoms with Gasteiger partial charge in [-0.05, 0) is 31.2 Å². The molecule has 2 N–H and O–H groups in total. The molecule has 4 nitrogen and oxygen atoms in total. The SMILES string of the molecule is CN1CCC1C(=O)NCc1ccc2[nH]cc(Cl)c2c1. The van der Waals surface area contributed by atoms with Gasteiger partial charge in [-0.15, -0.1) is 0 Å². The van der Waals surface area contributed by atoms with Crippen molar-refractivity contribution < 1.29 is 4.79 Å². The Labute approximate surface area is 116 Å². The van der Waals surface area contributed by atoms with E-state index in [4.69, 9.17) is 11.6 Å². The molecule has 2 heterocycles. The van der Waals surface area contributed by atoms with E-state index < -0.39 is 0 Å². The van der Waals surface area contributed by atoms with E-state index in [9.17, 15) is 4.79 Å². The molecule has 5 heteroatoms. The summed E-state index contributed by atoms with van der Waals surface area (Å²) in [6.07, 6.45) is 2.73. The van der Waals surface area contributed by atoms with Gasteiger partial charge in [0.15, 0.2) is 0 Å². The monoisotopic (exact) mass is 277 g/mol. The quantitative estimate of drug-likeness (QED) is 0.903. The summed E-state index contributed by atoms with van der Waals surface area (Å²) in [5, 5.41) is 4.68. The molecule has 1 amide bonds. The molecule has 0 spiro atoms. The number of hydrogen-bond donors (Lipinski definition) is 2. The zero-order valence-electron chi connectivity index (χ0n) is 10.7.